The normalized spacial score (nSPS) is 10.8. The number of aromatic carboxylic acids is 1. The van der Waals surface area contributed by atoms with Gasteiger partial charge in [-0.1, -0.05) is 59.1 Å². The Morgan fingerprint density at radius 2 is 1.25 bits per heavy atom. The Labute approximate surface area is 340 Å². The molecule has 0 aliphatic carbocycles. The summed E-state index contributed by atoms with van der Waals surface area (Å²) in [5.41, 5.74) is 2.96. The lowest BCUT2D eigenvalue weighted by atomic mass is 10.0. The molecule has 0 unspecified atom stereocenters. The summed E-state index contributed by atoms with van der Waals surface area (Å²) in [5, 5.41) is 10.4. The average molecular weight is 841 g/mol. The highest BCUT2D eigenvalue weighted by Crippen LogP contribution is 2.37. The molecule has 0 bridgehead atoms. The number of ketones is 2. The number of benzene rings is 5. The molecule has 0 aliphatic heterocycles. The lowest BCUT2D eigenvalue weighted by Gasteiger charge is -2.17. The number of aromatic nitrogens is 1. The fourth-order valence-electron chi connectivity index (χ4n) is 5.64. The third-order valence-corrected chi connectivity index (χ3v) is 9.31. The zero-order chi connectivity index (χ0) is 41.4. The number of hydrogen-bond donors (Lipinski definition) is 1. The minimum atomic E-state index is -1.14. The SMILES string of the molecule is CC(=O)CCC(=O)c1cc(Cl)ccc1OCc1cccc(F)c1F.Cc1ccc(-c2cc(Cl)ccc2OCc2cccc(F)c2F)n1-c1ccc(Cl)c(C(=O)O)c1. The van der Waals surface area contributed by atoms with E-state index in [1.165, 1.54) is 61.5 Å². The molecule has 0 aliphatic rings. The molecule has 6 rings (SSSR count). The molecule has 1 N–H and O–H groups in total. The number of carbonyl (C=O) groups excluding carboxylic acids is 2. The highest BCUT2D eigenvalue weighted by atomic mass is 35.5. The van der Waals surface area contributed by atoms with Crippen molar-refractivity contribution in [1.29, 1.82) is 0 Å². The zero-order valence-corrected chi connectivity index (χ0v) is 32.5. The summed E-state index contributed by atoms with van der Waals surface area (Å²) in [6, 6.07) is 25.5. The Balaban J connectivity index is 0.000000230. The van der Waals surface area contributed by atoms with Crippen molar-refractivity contribution in [2.45, 2.75) is 39.9 Å². The Kier molecular flexibility index (Phi) is 14.2. The predicted molar refractivity (Wildman–Crippen MR) is 210 cm³/mol. The van der Waals surface area contributed by atoms with Gasteiger partial charge in [-0.25, -0.2) is 22.4 Å². The Morgan fingerprint density at radius 3 is 1.84 bits per heavy atom. The van der Waals surface area contributed by atoms with Gasteiger partial charge >= 0.3 is 5.97 Å². The number of carboxylic acids is 1. The molecule has 0 radical (unpaired) electrons. The number of carbonyl (C=O) groups is 3. The summed E-state index contributed by atoms with van der Waals surface area (Å²) in [7, 11) is 0. The van der Waals surface area contributed by atoms with Crippen LogP contribution < -0.4 is 9.47 Å². The maximum Gasteiger partial charge on any atom is 0.337 e. The van der Waals surface area contributed by atoms with Gasteiger partial charge in [-0.2, -0.15) is 0 Å². The summed E-state index contributed by atoms with van der Waals surface area (Å²) in [5.74, 6) is -4.81. The molecule has 0 spiro atoms. The fourth-order valence-corrected chi connectivity index (χ4v) is 6.18. The monoisotopic (exact) mass is 839 g/mol. The lowest BCUT2D eigenvalue weighted by molar-refractivity contribution is -0.117. The summed E-state index contributed by atoms with van der Waals surface area (Å²) in [4.78, 5) is 34.8. The Morgan fingerprint density at radius 1 is 0.667 bits per heavy atom. The summed E-state index contributed by atoms with van der Waals surface area (Å²) in [6.07, 6.45) is 0.143. The standard InChI is InChI=1S/C25H17Cl2F2NO3.C18H15ClF2O3/c1-14-5-9-22(30(14)17-7-8-20(27)18(12-17)25(31)32)19-11-16(26)6-10-23(19)33-13-15-3-2-4-21(28)24(15)29;1-11(22)5-7-16(23)14-9-13(19)6-8-17(14)24-10-12-3-2-4-15(20)18(12)21/h2-12H,13H2,1H3,(H,31,32);2-4,6,8-9H,5,7,10H2,1H3. The van der Waals surface area contributed by atoms with Crippen molar-refractivity contribution in [2.24, 2.45) is 0 Å². The van der Waals surface area contributed by atoms with Crippen LogP contribution in [0.25, 0.3) is 16.9 Å². The van der Waals surface area contributed by atoms with Gasteiger partial charge in [0.25, 0.3) is 0 Å². The maximum atomic E-state index is 14.1. The van der Waals surface area contributed by atoms with Crippen LogP contribution in [-0.4, -0.2) is 27.2 Å². The molecule has 294 valence electrons. The summed E-state index contributed by atoms with van der Waals surface area (Å²) >= 11 is 18.2. The molecule has 5 aromatic carbocycles. The van der Waals surface area contributed by atoms with E-state index in [0.717, 1.165) is 17.8 Å². The first-order valence-corrected chi connectivity index (χ1v) is 18.2. The molecule has 0 saturated carbocycles. The van der Waals surface area contributed by atoms with Crippen LogP contribution in [0.2, 0.25) is 15.1 Å². The number of ether oxygens (including phenoxy) is 2. The third kappa shape index (κ3) is 10.6. The van der Waals surface area contributed by atoms with E-state index < -0.39 is 29.2 Å². The van der Waals surface area contributed by atoms with Gasteiger partial charge in [0, 0.05) is 51.0 Å². The van der Waals surface area contributed by atoms with Crippen LogP contribution in [0, 0.1) is 30.2 Å². The largest absolute Gasteiger partial charge is 0.488 e. The maximum absolute atomic E-state index is 14.1. The molecule has 14 heteroatoms. The van der Waals surface area contributed by atoms with E-state index >= 15 is 0 Å². The van der Waals surface area contributed by atoms with Crippen molar-refractivity contribution in [1.82, 2.24) is 4.57 Å². The summed E-state index contributed by atoms with van der Waals surface area (Å²) < 4.78 is 67.7. The van der Waals surface area contributed by atoms with Crippen LogP contribution in [0.5, 0.6) is 11.5 Å². The highest BCUT2D eigenvalue weighted by molar-refractivity contribution is 6.33. The number of rotatable bonds is 13. The molecule has 0 atom stereocenters. The number of Topliss-reactive ketones (excluding diaryl/α,β-unsaturated/α-hetero) is 2. The highest BCUT2D eigenvalue weighted by Gasteiger charge is 2.19. The van der Waals surface area contributed by atoms with Crippen LogP contribution in [0.1, 0.15) is 57.3 Å². The summed E-state index contributed by atoms with van der Waals surface area (Å²) in [6.45, 7) is 2.83. The molecule has 0 fully saturated rings. The van der Waals surface area contributed by atoms with Gasteiger partial charge in [0.15, 0.2) is 29.1 Å². The fraction of sp³-hybridized carbons (Fsp3) is 0.140. The van der Waals surface area contributed by atoms with Crippen molar-refractivity contribution in [3.8, 4) is 28.4 Å². The van der Waals surface area contributed by atoms with Crippen molar-refractivity contribution >= 4 is 52.3 Å². The first-order chi connectivity index (χ1) is 27.1. The molecule has 6 aromatic rings. The van der Waals surface area contributed by atoms with Gasteiger partial charge in [0.05, 0.1) is 21.8 Å². The first kappa shape index (κ1) is 42.5. The third-order valence-electron chi connectivity index (χ3n) is 8.51. The van der Waals surface area contributed by atoms with Crippen molar-refractivity contribution in [3.05, 3.63) is 169 Å². The molecule has 7 nitrogen and oxygen atoms in total. The Hall–Kier alpha value is -5.62. The molecule has 0 saturated heterocycles. The molecule has 57 heavy (non-hydrogen) atoms. The zero-order valence-electron chi connectivity index (χ0n) is 30.2. The van der Waals surface area contributed by atoms with E-state index in [2.05, 4.69) is 0 Å². The molecule has 1 heterocycles. The van der Waals surface area contributed by atoms with E-state index in [4.69, 9.17) is 44.3 Å². The van der Waals surface area contributed by atoms with E-state index in [9.17, 15) is 37.1 Å². The lowest BCUT2D eigenvalue weighted by Crippen LogP contribution is -2.07. The van der Waals surface area contributed by atoms with E-state index in [1.54, 1.807) is 24.3 Å². The van der Waals surface area contributed by atoms with Crippen LogP contribution in [0.3, 0.4) is 0 Å². The van der Waals surface area contributed by atoms with Gasteiger partial charge in [0.1, 0.15) is 30.5 Å². The van der Waals surface area contributed by atoms with Crippen molar-refractivity contribution in [3.63, 3.8) is 0 Å². The topological polar surface area (TPSA) is 94.8 Å². The van der Waals surface area contributed by atoms with Crippen LogP contribution in [0.4, 0.5) is 17.6 Å². The van der Waals surface area contributed by atoms with Crippen molar-refractivity contribution < 1.29 is 46.5 Å². The van der Waals surface area contributed by atoms with Crippen molar-refractivity contribution in [2.75, 3.05) is 0 Å². The van der Waals surface area contributed by atoms with Gasteiger partial charge in [0.2, 0.25) is 0 Å². The number of hydrogen-bond acceptors (Lipinski definition) is 5. The second-order valence-corrected chi connectivity index (χ2v) is 13.9. The second kappa shape index (κ2) is 19.0. The molecule has 0 amide bonds. The quantitative estimate of drug-likeness (QED) is 0.0919. The van der Waals surface area contributed by atoms with Crippen LogP contribution >= 0.6 is 34.8 Å². The first-order valence-electron chi connectivity index (χ1n) is 17.1. The number of carboxylic acid groups (broad SMARTS) is 1. The molecular formula is C43H32Cl3F4NO6. The van der Waals surface area contributed by atoms with Gasteiger partial charge in [-0.15, -0.1) is 0 Å². The Bertz CT molecular complexity index is 2470. The second-order valence-electron chi connectivity index (χ2n) is 12.6. The molecular weight excluding hydrogens is 809 g/mol. The van der Waals surface area contributed by atoms with E-state index in [-0.39, 0.29) is 70.6 Å². The average Bonchev–Trinajstić information content (AvgIpc) is 3.56. The van der Waals surface area contributed by atoms with Gasteiger partial charge < -0.3 is 23.9 Å². The van der Waals surface area contributed by atoms with E-state index in [0.29, 0.717) is 32.7 Å². The van der Waals surface area contributed by atoms with Crippen LogP contribution in [0.15, 0.2) is 103 Å². The number of nitrogens with zero attached hydrogens (tertiary/aromatic N) is 1. The predicted octanol–water partition coefficient (Wildman–Crippen LogP) is 12.1. The number of aryl methyl sites for hydroxylation is 1. The minimum Gasteiger partial charge on any atom is -0.488 e. The van der Waals surface area contributed by atoms with Gasteiger partial charge in [-0.3, -0.25) is 4.79 Å². The van der Waals surface area contributed by atoms with Crippen LogP contribution in [-0.2, 0) is 18.0 Å². The van der Waals surface area contributed by atoms with Gasteiger partial charge in [-0.05, 0) is 92.7 Å². The minimum absolute atomic E-state index is 0.0281. The number of halogens is 7. The smallest absolute Gasteiger partial charge is 0.337 e. The van der Waals surface area contributed by atoms with E-state index in [1.807, 2.05) is 23.6 Å². The molecule has 1 aromatic heterocycles.